The Balaban J connectivity index is 1.64. The van der Waals surface area contributed by atoms with E-state index < -0.39 is 10.0 Å². The fourth-order valence-electron chi connectivity index (χ4n) is 3.36. The van der Waals surface area contributed by atoms with Crippen LogP contribution in [0.1, 0.15) is 30.9 Å². The number of rotatable bonds is 7. The van der Waals surface area contributed by atoms with Crippen molar-refractivity contribution in [2.24, 2.45) is 0 Å². The fraction of sp³-hybridized carbons (Fsp3) is 0.381. The van der Waals surface area contributed by atoms with E-state index in [1.807, 2.05) is 12.3 Å². The van der Waals surface area contributed by atoms with Gasteiger partial charge in [-0.15, -0.1) is 11.8 Å². The van der Waals surface area contributed by atoms with Gasteiger partial charge in [0, 0.05) is 23.5 Å². The number of carbonyl (C=O) groups is 1. The van der Waals surface area contributed by atoms with Gasteiger partial charge in [0.05, 0.1) is 11.4 Å². The number of aryl methyl sites for hydroxylation is 2. The zero-order valence-corrected chi connectivity index (χ0v) is 17.9. The Hall–Kier alpha value is -1.99. The van der Waals surface area contributed by atoms with E-state index in [-0.39, 0.29) is 11.7 Å². The third kappa shape index (κ3) is 4.89. The van der Waals surface area contributed by atoms with Crippen LogP contribution >= 0.6 is 11.8 Å². The Morgan fingerprint density at radius 3 is 2.61 bits per heavy atom. The van der Waals surface area contributed by atoms with Crippen LogP contribution in [0.5, 0.6) is 0 Å². The van der Waals surface area contributed by atoms with Crippen molar-refractivity contribution in [3.63, 3.8) is 0 Å². The molecule has 5 nitrogen and oxygen atoms in total. The summed E-state index contributed by atoms with van der Waals surface area (Å²) in [5.74, 6) is 0.0470. The summed E-state index contributed by atoms with van der Waals surface area (Å²) in [6.07, 6.45) is 4.74. The molecule has 0 bridgehead atoms. The summed E-state index contributed by atoms with van der Waals surface area (Å²) >= 11 is 1.70. The van der Waals surface area contributed by atoms with Crippen LogP contribution in [0.2, 0.25) is 0 Å². The molecule has 0 unspecified atom stereocenters. The average Bonchev–Trinajstić information content (AvgIpc) is 2.72. The van der Waals surface area contributed by atoms with E-state index in [1.54, 1.807) is 30.8 Å². The Labute approximate surface area is 171 Å². The van der Waals surface area contributed by atoms with Gasteiger partial charge in [0.25, 0.3) is 0 Å². The van der Waals surface area contributed by atoms with Crippen LogP contribution in [0.4, 0.5) is 11.4 Å². The molecular weight excluding hydrogens is 392 g/mol. The molecule has 150 valence electrons. The van der Waals surface area contributed by atoms with E-state index in [4.69, 9.17) is 0 Å². The molecule has 28 heavy (non-hydrogen) atoms. The molecule has 7 heteroatoms. The Kier molecular flexibility index (Phi) is 6.67. The van der Waals surface area contributed by atoms with Gasteiger partial charge in [-0.05, 0) is 73.9 Å². The summed E-state index contributed by atoms with van der Waals surface area (Å²) in [5.41, 5.74) is 3.56. The topological polar surface area (TPSA) is 66.5 Å². The first-order valence-electron chi connectivity index (χ1n) is 9.49. The lowest BCUT2D eigenvalue weighted by atomic mass is 10.0. The minimum absolute atomic E-state index is 0.0391. The van der Waals surface area contributed by atoms with Crippen molar-refractivity contribution in [3.8, 4) is 0 Å². The fourth-order valence-corrected chi connectivity index (χ4v) is 4.96. The van der Waals surface area contributed by atoms with Crippen LogP contribution < -0.4 is 9.62 Å². The molecule has 0 atom stereocenters. The number of sulfonamides is 1. The number of carbonyl (C=O) groups excluding carboxylic acids is 1. The number of nitrogens with zero attached hydrogens (tertiary/aromatic N) is 1. The summed E-state index contributed by atoms with van der Waals surface area (Å²) < 4.78 is 26.1. The minimum atomic E-state index is -3.27. The van der Waals surface area contributed by atoms with Gasteiger partial charge in [0.2, 0.25) is 15.9 Å². The maximum absolute atomic E-state index is 12.3. The molecule has 0 spiro atoms. The summed E-state index contributed by atoms with van der Waals surface area (Å²) in [5, 5.41) is 2.94. The molecule has 0 aromatic heterocycles. The highest BCUT2D eigenvalue weighted by Gasteiger charge is 2.26. The SMILES string of the molecule is CCS(=O)(=O)N1CCCc2cc(NC(=O)CCc3ccc(SC)cc3)ccc21. The van der Waals surface area contributed by atoms with Crippen molar-refractivity contribution in [1.82, 2.24) is 0 Å². The predicted octanol–water partition coefficient (Wildman–Crippen LogP) is 4.08. The van der Waals surface area contributed by atoms with Crippen LogP contribution in [0.25, 0.3) is 0 Å². The Morgan fingerprint density at radius 2 is 1.93 bits per heavy atom. The quantitative estimate of drug-likeness (QED) is 0.688. The zero-order chi connectivity index (χ0) is 20.1. The second-order valence-electron chi connectivity index (χ2n) is 6.82. The summed E-state index contributed by atoms with van der Waals surface area (Å²) in [6, 6.07) is 13.7. The van der Waals surface area contributed by atoms with Crippen molar-refractivity contribution in [1.29, 1.82) is 0 Å². The Bertz CT molecular complexity index is 941. The standard InChI is InChI=1S/C21H26N2O3S2/c1-3-28(25,26)23-14-4-5-17-15-18(9-12-20(17)23)22-21(24)13-8-16-6-10-19(27-2)11-7-16/h6-7,9-12,15H,3-5,8,13-14H2,1-2H3,(H,22,24). The molecule has 0 aliphatic carbocycles. The van der Waals surface area contributed by atoms with Gasteiger partial charge in [-0.3, -0.25) is 9.10 Å². The number of hydrogen-bond donors (Lipinski definition) is 1. The van der Waals surface area contributed by atoms with Crippen LogP contribution in [0.15, 0.2) is 47.4 Å². The summed E-state index contributed by atoms with van der Waals surface area (Å²) in [6.45, 7) is 2.18. The third-order valence-electron chi connectivity index (χ3n) is 4.94. The van der Waals surface area contributed by atoms with Gasteiger partial charge in [-0.1, -0.05) is 12.1 Å². The minimum Gasteiger partial charge on any atom is -0.326 e. The summed E-state index contributed by atoms with van der Waals surface area (Å²) in [7, 11) is -3.27. The molecule has 3 rings (SSSR count). The average molecular weight is 419 g/mol. The highest BCUT2D eigenvalue weighted by molar-refractivity contribution is 7.98. The molecule has 2 aromatic carbocycles. The summed E-state index contributed by atoms with van der Waals surface area (Å²) in [4.78, 5) is 13.5. The van der Waals surface area contributed by atoms with Gasteiger partial charge in [0.15, 0.2) is 0 Å². The van der Waals surface area contributed by atoms with Crippen molar-refractivity contribution >= 4 is 39.1 Å². The van der Waals surface area contributed by atoms with Gasteiger partial charge in [-0.2, -0.15) is 0 Å². The molecule has 2 aromatic rings. The number of amides is 1. The van der Waals surface area contributed by atoms with Crippen molar-refractivity contribution in [2.75, 3.05) is 28.2 Å². The van der Waals surface area contributed by atoms with Gasteiger partial charge in [-0.25, -0.2) is 8.42 Å². The lowest BCUT2D eigenvalue weighted by Gasteiger charge is -2.30. The van der Waals surface area contributed by atoms with E-state index in [2.05, 4.69) is 29.6 Å². The molecular formula is C21H26N2O3S2. The van der Waals surface area contributed by atoms with Crippen molar-refractivity contribution in [2.45, 2.75) is 37.5 Å². The smallest absolute Gasteiger partial charge is 0.234 e. The largest absolute Gasteiger partial charge is 0.326 e. The molecule has 1 amide bonds. The number of nitrogens with one attached hydrogen (secondary N) is 1. The van der Waals surface area contributed by atoms with Crippen LogP contribution in [0.3, 0.4) is 0 Å². The van der Waals surface area contributed by atoms with Crippen LogP contribution in [-0.2, 0) is 27.7 Å². The highest BCUT2D eigenvalue weighted by Crippen LogP contribution is 2.31. The lowest BCUT2D eigenvalue weighted by molar-refractivity contribution is -0.116. The zero-order valence-electron chi connectivity index (χ0n) is 16.3. The number of benzene rings is 2. The predicted molar refractivity (Wildman–Crippen MR) is 117 cm³/mol. The number of thioether (sulfide) groups is 1. The number of anilines is 2. The first kappa shape index (κ1) is 20.7. The molecule has 1 aliphatic rings. The van der Waals surface area contributed by atoms with Crippen LogP contribution in [-0.4, -0.2) is 32.9 Å². The number of hydrogen-bond acceptors (Lipinski definition) is 4. The van der Waals surface area contributed by atoms with Gasteiger partial charge in [0.1, 0.15) is 0 Å². The second kappa shape index (κ2) is 9.01. The van der Waals surface area contributed by atoms with Crippen LogP contribution in [0, 0.1) is 0 Å². The van der Waals surface area contributed by atoms with E-state index in [0.717, 1.165) is 35.3 Å². The van der Waals surface area contributed by atoms with E-state index >= 15 is 0 Å². The number of fused-ring (bicyclic) bond motifs is 1. The Morgan fingerprint density at radius 1 is 1.18 bits per heavy atom. The normalized spacial score (nSPS) is 13.9. The first-order valence-corrected chi connectivity index (χ1v) is 12.3. The second-order valence-corrected chi connectivity index (χ2v) is 9.88. The third-order valence-corrected chi connectivity index (χ3v) is 7.46. The molecule has 0 saturated heterocycles. The molecule has 0 radical (unpaired) electrons. The van der Waals surface area contributed by atoms with Crippen molar-refractivity contribution < 1.29 is 13.2 Å². The van der Waals surface area contributed by atoms with E-state index in [0.29, 0.717) is 19.4 Å². The maximum atomic E-state index is 12.3. The lowest BCUT2D eigenvalue weighted by Crippen LogP contribution is -2.36. The van der Waals surface area contributed by atoms with E-state index in [1.165, 1.54) is 9.20 Å². The van der Waals surface area contributed by atoms with Gasteiger partial charge < -0.3 is 5.32 Å². The maximum Gasteiger partial charge on any atom is 0.234 e. The molecule has 1 aliphatic heterocycles. The molecule has 1 N–H and O–H groups in total. The molecule has 0 saturated carbocycles. The molecule has 0 fully saturated rings. The van der Waals surface area contributed by atoms with Gasteiger partial charge >= 0.3 is 0 Å². The first-order chi connectivity index (χ1) is 13.4. The van der Waals surface area contributed by atoms with E-state index in [9.17, 15) is 13.2 Å². The highest BCUT2D eigenvalue weighted by atomic mass is 32.2. The monoisotopic (exact) mass is 418 g/mol. The molecule has 1 heterocycles. The van der Waals surface area contributed by atoms with Crippen molar-refractivity contribution in [3.05, 3.63) is 53.6 Å².